The van der Waals surface area contributed by atoms with Crippen molar-refractivity contribution >= 4 is 13.7 Å². The summed E-state index contributed by atoms with van der Waals surface area (Å²) in [4.78, 5) is 23.3. The summed E-state index contributed by atoms with van der Waals surface area (Å²) in [5, 5.41) is 74.2. The Balaban J connectivity index is 2.63. The van der Waals surface area contributed by atoms with E-state index in [0.29, 0.717) is 19.3 Å². The van der Waals surface area contributed by atoms with Crippen molar-refractivity contribution in [1.29, 1.82) is 0 Å². The zero-order valence-electron chi connectivity index (χ0n) is 32.0. The molecule has 0 spiro atoms. The molecule has 8 atom stereocenters. The van der Waals surface area contributed by atoms with E-state index in [9.17, 15) is 50.0 Å². The van der Waals surface area contributed by atoms with Gasteiger partial charge in [-0.1, -0.05) is 129 Å². The molecule has 1 rings (SSSR count). The van der Waals surface area contributed by atoms with Crippen molar-refractivity contribution in [2.75, 3.05) is 6.61 Å². The minimum Gasteiger partial charge on any atom is -0.393 e. The lowest BCUT2D eigenvalue weighted by Gasteiger charge is -2.41. The highest BCUT2D eigenvalue weighted by molar-refractivity contribution is 7.47. The van der Waals surface area contributed by atoms with Crippen molar-refractivity contribution in [2.24, 2.45) is 0 Å². The van der Waals surface area contributed by atoms with Crippen molar-refractivity contribution < 1.29 is 59.0 Å². The Morgan fingerprint density at radius 3 is 1.62 bits per heavy atom. The first kappa shape index (κ1) is 49.1. The topological polar surface area (TPSA) is 226 Å². The van der Waals surface area contributed by atoms with Crippen LogP contribution in [0.25, 0.3) is 0 Å². The van der Waals surface area contributed by atoms with Crippen LogP contribution in [0.15, 0.2) is 12.2 Å². The lowest BCUT2D eigenvalue weighted by atomic mass is 9.85. The van der Waals surface area contributed by atoms with Gasteiger partial charge in [0, 0.05) is 0 Å². The number of nitrogens with one attached hydrogen (secondary N) is 1. The summed E-state index contributed by atoms with van der Waals surface area (Å²) in [7, 11) is -5.11. The molecule has 0 aromatic heterocycles. The highest BCUT2D eigenvalue weighted by Gasteiger charge is 2.51. The summed E-state index contributed by atoms with van der Waals surface area (Å²) >= 11 is 0. The average molecular weight is 768 g/mol. The molecule has 8 unspecified atom stereocenters. The molecular weight excluding hydrogens is 693 g/mol. The zero-order valence-corrected chi connectivity index (χ0v) is 32.9. The van der Waals surface area contributed by atoms with Crippen LogP contribution < -0.4 is 5.32 Å². The second-order valence-electron chi connectivity index (χ2n) is 14.7. The van der Waals surface area contributed by atoms with Crippen LogP contribution >= 0.6 is 7.82 Å². The first-order chi connectivity index (χ1) is 24.8. The van der Waals surface area contributed by atoms with Gasteiger partial charge in [0.1, 0.15) is 36.6 Å². The monoisotopic (exact) mass is 767 g/mol. The fourth-order valence-corrected chi connectivity index (χ4v) is 7.45. The number of carbonyl (C=O) groups is 1. The van der Waals surface area contributed by atoms with E-state index in [1.54, 1.807) is 0 Å². The van der Waals surface area contributed by atoms with E-state index < -0.39 is 75.2 Å². The molecule has 308 valence electrons. The molecule has 1 aliphatic carbocycles. The summed E-state index contributed by atoms with van der Waals surface area (Å²) < 4.78 is 22.8. The highest BCUT2D eigenvalue weighted by atomic mass is 31.2. The van der Waals surface area contributed by atoms with Crippen LogP contribution in [0, 0.1) is 0 Å². The van der Waals surface area contributed by atoms with E-state index in [1.807, 2.05) is 0 Å². The smallest absolute Gasteiger partial charge is 0.393 e. The van der Waals surface area contributed by atoms with E-state index in [4.69, 9.17) is 9.05 Å². The van der Waals surface area contributed by atoms with E-state index in [2.05, 4.69) is 31.3 Å². The number of amides is 1. The van der Waals surface area contributed by atoms with Crippen molar-refractivity contribution in [3.63, 3.8) is 0 Å². The molecule has 0 aliphatic heterocycles. The van der Waals surface area contributed by atoms with Gasteiger partial charge in [0.05, 0.1) is 31.3 Å². The van der Waals surface area contributed by atoms with Gasteiger partial charge < -0.3 is 46.0 Å². The normalized spacial score (nSPS) is 25.2. The van der Waals surface area contributed by atoms with E-state index in [1.165, 1.54) is 70.6 Å². The third kappa shape index (κ3) is 21.8. The second kappa shape index (κ2) is 29.3. The first-order valence-electron chi connectivity index (χ1n) is 20.2. The molecule has 0 heterocycles. The number of hydrogen-bond donors (Lipinski definition) is 9. The van der Waals surface area contributed by atoms with E-state index in [0.717, 1.165) is 44.9 Å². The number of phosphoric ester groups is 1. The molecule has 52 heavy (non-hydrogen) atoms. The Morgan fingerprint density at radius 1 is 0.654 bits per heavy atom. The van der Waals surface area contributed by atoms with Gasteiger partial charge in [0.2, 0.25) is 5.91 Å². The number of hydrogen-bond acceptors (Lipinski definition) is 11. The molecule has 0 saturated heterocycles. The molecule has 1 fully saturated rings. The maximum atomic E-state index is 12.9. The van der Waals surface area contributed by atoms with Crippen LogP contribution in [0.2, 0.25) is 0 Å². The summed E-state index contributed by atoms with van der Waals surface area (Å²) in [5.41, 5.74) is 0. The summed E-state index contributed by atoms with van der Waals surface area (Å²) in [5.74, 6) is -0.579. The van der Waals surface area contributed by atoms with Gasteiger partial charge >= 0.3 is 7.82 Å². The SMILES string of the molecule is CCCCCCCC/C=C\CCCC(O)CC(=O)NC(COP(=O)(O)OC1C(O)C(O)C(O)C(O)C1O)C(O)CCCCCCCCCCCCC. The Hall–Kier alpha value is -0.960. The molecule has 9 N–H and O–H groups in total. The van der Waals surface area contributed by atoms with Gasteiger partial charge in [0.25, 0.3) is 0 Å². The first-order valence-corrected chi connectivity index (χ1v) is 21.7. The maximum Gasteiger partial charge on any atom is 0.472 e. The van der Waals surface area contributed by atoms with Gasteiger partial charge in [-0.25, -0.2) is 4.57 Å². The molecular formula is C38H74NO12P. The predicted molar refractivity (Wildman–Crippen MR) is 201 cm³/mol. The Bertz CT molecular complexity index is 958. The number of allylic oxidation sites excluding steroid dienone is 2. The minimum atomic E-state index is -5.11. The Morgan fingerprint density at radius 2 is 1.10 bits per heavy atom. The van der Waals surface area contributed by atoms with Gasteiger partial charge in [-0.3, -0.25) is 13.8 Å². The van der Waals surface area contributed by atoms with Crippen LogP contribution in [0.1, 0.15) is 162 Å². The fraction of sp³-hybridized carbons (Fsp3) is 0.921. The average Bonchev–Trinajstić information content (AvgIpc) is 3.11. The number of aliphatic hydroxyl groups is 7. The van der Waals surface area contributed by atoms with Crippen LogP contribution in [-0.2, 0) is 18.4 Å². The third-order valence-corrected chi connectivity index (χ3v) is 10.9. The molecule has 0 aromatic carbocycles. The lowest BCUT2D eigenvalue weighted by molar-refractivity contribution is -0.220. The molecule has 1 amide bonds. The van der Waals surface area contributed by atoms with Crippen molar-refractivity contribution in [2.45, 2.75) is 216 Å². The zero-order chi connectivity index (χ0) is 38.8. The molecule has 1 saturated carbocycles. The molecule has 14 heteroatoms. The van der Waals surface area contributed by atoms with Crippen LogP contribution in [0.5, 0.6) is 0 Å². The number of rotatable bonds is 32. The standard InChI is InChI=1S/C38H74NO12P/c1-3-5-7-9-11-13-15-17-19-21-23-25-29(40)27-32(42)39-30(31(41)26-24-22-20-18-16-14-12-10-8-6-4-2)28-50-52(48,49)51-38-36(46)34(44)33(43)35(45)37(38)47/h17,19,29-31,33-38,40-41,43-47H,3-16,18,20-28H2,1-2H3,(H,39,42)(H,48,49)/b19-17-. The Kier molecular flexibility index (Phi) is 27.7. The summed E-state index contributed by atoms with van der Waals surface area (Å²) in [6.45, 7) is 3.71. The highest BCUT2D eigenvalue weighted by Crippen LogP contribution is 2.47. The number of unbranched alkanes of at least 4 members (excludes halogenated alkanes) is 17. The third-order valence-electron chi connectivity index (χ3n) is 9.88. The van der Waals surface area contributed by atoms with Crippen molar-refractivity contribution in [1.82, 2.24) is 5.32 Å². The molecule has 0 aromatic rings. The molecule has 1 aliphatic rings. The van der Waals surface area contributed by atoms with Crippen molar-refractivity contribution in [3.8, 4) is 0 Å². The van der Waals surface area contributed by atoms with Gasteiger partial charge in [-0.05, 0) is 38.5 Å². The number of carbonyl (C=O) groups excluding carboxylic acids is 1. The summed E-state index contributed by atoms with van der Waals surface area (Å²) in [6, 6.07) is -1.16. The largest absolute Gasteiger partial charge is 0.472 e. The van der Waals surface area contributed by atoms with Crippen LogP contribution in [0.4, 0.5) is 0 Å². The van der Waals surface area contributed by atoms with Crippen molar-refractivity contribution in [3.05, 3.63) is 12.2 Å². The second-order valence-corrected chi connectivity index (χ2v) is 16.1. The maximum absolute atomic E-state index is 12.9. The molecule has 0 radical (unpaired) electrons. The fourth-order valence-electron chi connectivity index (χ4n) is 6.48. The molecule has 13 nitrogen and oxygen atoms in total. The number of aliphatic hydroxyl groups excluding tert-OH is 7. The predicted octanol–water partition coefficient (Wildman–Crippen LogP) is 5.08. The van der Waals surface area contributed by atoms with Crippen LogP contribution in [0.3, 0.4) is 0 Å². The van der Waals surface area contributed by atoms with Gasteiger partial charge in [0.15, 0.2) is 0 Å². The van der Waals surface area contributed by atoms with E-state index >= 15 is 0 Å². The van der Waals surface area contributed by atoms with E-state index in [-0.39, 0.29) is 12.8 Å². The van der Waals surface area contributed by atoms with Crippen LogP contribution in [-0.4, -0.2) is 108 Å². The van der Waals surface area contributed by atoms with Gasteiger partial charge in [-0.15, -0.1) is 0 Å². The Labute approximate surface area is 312 Å². The quantitative estimate of drug-likeness (QED) is 0.0248. The minimum absolute atomic E-state index is 0.241. The lowest BCUT2D eigenvalue weighted by Crippen LogP contribution is -2.64. The number of phosphoric acid groups is 1. The summed E-state index contributed by atoms with van der Waals surface area (Å²) in [6.07, 6.45) is 12.9. The van der Waals surface area contributed by atoms with Gasteiger partial charge in [-0.2, -0.15) is 0 Å². The molecule has 0 bridgehead atoms.